The summed E-state index contributed by atoms with van der Waals surface area (Å²) in [4.78, 5) is 16.6. The van der Waals surface area contributed by atoms with Gasteiger partial charge in [-0.2, -0.15) is 0 Å². The molecular formula is C18H27N3O2. The lowest BCUT2D eigenvalue weighted by Gasteiger charge is -2.36. The Bertz CT molecular complexity index is 521. The zero-order chi connectivity index (χ0) is 16.1. The van der Waals surface area contributed by atoms with Gasteiger partial charge >= 0.3 is 6.03 Å². The third-order valence-corrected chi connectivity index (χ3v) is 4.91. The van der Waals surface area contributed by atoms with Crippen LogP contribution < -0.4 is 5.32 Å². The van der Waals surface area contributed by atoms with Gasteiger partial charge in [-0.05, 0) is 30.5 Å². The Morgan fingerprint density at radius 1 is 1.13 bits per heavy atom. The fourth-order valence-corrected chi connectivity index (χ4v) is 3.53. The van der Waals surface area contributed by atoms with Crippen LogP contribution in [0.1, 0.15) is 37.7 Å². The van der Waals surface area contributed by atoms with Crippen molar-refractivity contribution in [1.82, 2.24) is 15.1 Å². The van der Waals surface area contributed by atoms with Crippen molar-refractivity contribution >= 4 is 6.03 Å². The van der Waals surface area contributed by atoms with Crippen LogP contribution in [0.2, 0.25) is 0 Å². The molecule has 0 atom stereocenters. The topological polar surface area (TPSA) is 55.8 Å². The fraction of sp³-hybridized carbons (Fsp3) is 0.611. The Kier molecular flexibility index (Phi) is 5.39. The van der Waals surface area contributed by atoms with E-state index in [4.69, 9.17) is 0 Å². The summed E-state index contributed by atoms with van der Waals surface area (Å²) in [5.74, 6) is 0.313. The lowest BCUT2D eigenvalue weighted by molar-refractivity contribution is 0.132. The molecule has 1 aliphatic heterocycles. The largest absolute Gasteiger partial charge is 0.508 e. The Morgan fingerprint density at radius 2 is 1.87 bits per heavy atom. The maximum absolute atomic E-state index is 12.3. The van der Waals surface area contributed by atoms with Crippen LogP contribution in [0.15, 0.2) is 24.3 Å². The third kappa shape index (κ3) is 4.61. The smallest absolute Gasteiger partial charge is 0.317 e. The van der Waals surface area contributed by atoms with E-state index in [1.54, 1.807) is 6.07 Å². The number of phenols is 1. The molecule has 2 N–H and O–H groups in total. The summed E-state index contributed by atoms with van der Waals surface area (Å²) in [7, 11) is 0. The molecule has 126 valence electrons. The summed E-state index contributed by atoms with van der Waals surface area (Å²) < 4.78 is 0. The highest BCUT2D eigenvalue weighted by Crippen LogP contribution is 2.18. The van der Waals surface area contributed by atoms with Crippen LogP contribution in [0, 0.1) is 0 Å². The molecule has 1 aromatic rings. The molecule has 1 aliphatic carbocycles. The quantitative estimate of drug-likeness (QED) is 0.901. The Hall–Kier alpha value is -1.75. The van der Waals surface area contributed by atoms with Crippen molar-refractivity contribution < 1.29 is 9.90 Å². The van der Waals surface area contributed by atoms with Crippen LogP contribution in [0.3, 0.4) is 0 Å². The van der Waals surface area contributed by atoms with E-state index in [0.717, 1.165) is 51.1 Å². The number of carbonyl (C=O) groups excluding carboxylic acids is 1. The number of nitrogens with one attached hydrogen (secondary N) is 1. The van der Waals surface area contributed by atoms with E-state index in [-0.39, 0.29) is 6.03 Å². The molecule has 5 nitrogen and oxygen atoms in total. The van der Waals surface area contributed by atoms with Crippen molar-refractivity contribution in [3.05, 3.63) is 29.8 Å². The fourth-order valence-electron chi connectivity index (χ4n) is 3.53. The van der Waals surface area contributed by atoms with Crippen molar-refractivity contribution in [2.45, 2.75) is 44.7 Å². The molecule has 0 aromatic heterocycles. The number of rotatable bonds is 3. The van der Waals surface area contributed by atoms with Crippen molar-refractivity contribution in [2.24, 2.45) is 0 Å². The number of amides is 2. The standard InChI is InChI=1S/C18H27N3O2/c22-17-8-4-5-15(13-17)14-20-9-11-21(12-10-20)18(23)19-16-6-2-1-3-7-16/h4-5,8,13,16,22H,1-3,6-7,9-12,14H2,(H,19,23). The molecule has 1 saturated heterocycles. The average Bonchev–Trinajstić information content (AvgIpc) is 2.56. The van der Waals surface area contributed by atoms with E-state index < -0.39 is 0 Å². The van der Waals surface area contributed by atoms with E-state index in [1.807, 2.05) is 23.1 Å². The van der Waals surface area contributed by atoms with E-state index in [9.17, 15) is 9.90 Å². The molecule has 2 fully saturated rings. The normalized spacial score (nSPS) is 20.4. The molecule has 1 aromatic carbocycles. The molecule has 1 saturated carbocycles. The first kappa shape index (κ1) is 16.1. The maximum Gasteiger partial charge on any atom is 0.317 e. The summed E-state index contributed by atoms with van der Waals surface area (Å²) in [6.45, 7) is 4.14. The number of benzene rings is 1. The summed E-state index contributed by atoms with van der Waals surface area (Å²) >= 11 is 0. The minimum absolute atomic E-state index is 0.105. The second-order valence-electron chi connectivity index (χ2n) is 6.72. The van der Waals surface area contributed by atoms with Crippen molar-refractivity contribution in [1.29, 1.82) is 0 Å². The molecule has 1 heterocycles. The van der Waals surface area contributed by atoms with Crippen LogP contribution in [0.4, 0.5) is 4.79 Å². The first-order valence-corrected chi connectivity index (χ1v) is 8.76. The number of piperazine rings is 1. The predicted molar refractivity (Wildman–Crippen MR) is 90.4 cm³/mol. The van der Waals surface area contributed by atoms with Crippen LogP contribution in [-0.4, -0.2) is 53.2 Å². The Morgan fingerprint density at radius 3 is 2.57 bits per heavy atom. The van der Waals surface area contributed by atoms with Gasteiger partial charge in [0.15, 0.2) is 0 Å². The molecule has 2 aliphatic rings. The van der Waals surface area contributed by atoms with E-state index in [1.165, 1.54) is 19.3 Å². The molecule has 5 heteroatoms. The monoisotopic (exact) mass is 317 g/mol. The Labute approximate surface area is 138 Å². The van der Waals surface area contributed by atoms with Gasteiger partial charge in [-0.3, -0.25) is 4.90 Å². The molecule has 0 unspecified atom stereocenters. The van der Waals surface area contributed by atoms with Crippen LogP contribution >= 0.6 is 0 Å². The summed E-state index contributed by atoms with van der Waals surface area (Å²) in [5, 5.41) is 12.7. The zero-order valence-corrected chi connectivity index (χ0v) is 13.7. The van der Waals surface area contributed by atoms with Gasteiger partial charge in [-0.1, -0.05) is 31.4 Å². The second-order valence-corrected chi connectivity index (χ2v) is 6.72. The molecular weight excluding hydrogens is 290 g/mol. The van der Waals surface area contributed by atoms with Crippen molar-refractivity contribution in [3.8, 4) is 5.75 Å². The molecule has 0 spiro atoms. The van der Waals surface area contributed by atoms with Gasteiger partial charge in [-0.25, -0.2) is 4.79 Å². The van der Waals surface area contributed by atoms with Gasteiger partial charge < -0.3 is 15.3 Å². The van der Waals surface area contributed by atoms with Gasteiger partial charge in [0.05, 0.1) is 0 Å². The molecule has 23 heavy (non-hydrogen) atoms. The predicted octanol–water partition coefficient (Wildman–Crippen LogP) is 2.55. The van der Waals surface area contributed by atoms with Crippen LogP contribution in [0.5, 0.6) is 5.75 Å². The van der Waals surface area contributed by atoms with Crippen LogP contribution in [-0.2, 0) is 6.54 Å². The number of carbonyl (C=O) groups is 1. The van der Waals surface area contributed by atoms with Gasteiger partial charge in [-0.15, -0.1) is 0 Å². The third-order valence-electron chi connectivity index (χ3n) is 4.91. The number of aromatic hydroxyl groups is 1. The highest BCUT2D eigenvalue weighted by Gasteiger charge is 2.23. The lowest BCUT2D eigenvalue weighted by atomic mass is 9.96. The van der Waals surface area contributed by atoms with E-state index in [2.05, 4.69) is 10.2 Å². The number of urea groups is 1. The number of hydrogen-bond donors (Lipinski definition) is 2. The van der Waals surface area contributed by atoms with Gasteiger partial charge in [0.25, 0.3) is 0 Å². The average molecular weight is 317 g/mol. The van der Waals surface area contributed by atoms with Gasteiger partial charge in [0, 0.05) is 38.8 Å². The number of nitrogens with zero attached hydrogens (tertiary/aromatic N) is 2. The number of phenolic OH excluding ortho intramolecular Hbond substituents is 1. The van der Waals surface area contributed by atoms with Gasteiger partial charge in [0.1, 0.15) is 5.75 Å². The highest BCUT2D eigenvalue weighted by molar-refractivity contribution is 5.74. The first-order valence-electron chi connectivity index (χ1n) is 8.76. The minimum atomic E-state index is 0.105. The lowest BCUT2D eigenvalue weighted by Crippen LogP contribution is -2.53. The van der Waals surface area contributed by atoms with Crippen LogP contribution in [0.25, 0.3) is 0 Å². The molecule has 2 amide bonds. The highest BCUT2D eigenvalue weighted by atomic mass is 16.3. The SMILES string of the molecule is O=C(NC1CCCCC1)N1CCN(Cc2cccc(O)c2)CC1. The number of hydrogen-bond acceptors (Lipinski definition) is 3. The molecule has 3 rings (SSSR count). The zero-order valence-electron chi connectivity index (χ0n) is 13.7. The first-order chi connectivity index (χ1) is 11.2. The van der Waals surface area contributed by atoms with Gasteiger partial charge in [0.2, 0.25) is 0 Å². The summed E-state index contributed by atoms with van der Waals surface area (Å²) in [6, 6.07) is 7.88. The minimum Gasteiger partial charge on any atom is -0.508 e. The Balaban J connectivity index is 1.43. The van der Waals surface area contributed by atoms with Crippen molar-refractivity contribution in [3.63, 3.8) is 0 Å². The van der Waals surface area contributed by atoms with E-state index in [0.29, 0.717) is 11.8 Å². The van der Waals surface area contributed by atoms with Crippen molar-refractivity contribution in [2.75, 3.05) is 26.2 Å². The summed E-state index contributed by atoms with van der Waals surface area (Å²) in [6.07, 6.45) is 6.04. The molecule has 0 radical (unpaired) electrons. The maximum atomic E-state index is 12.3. The summed E-state index contributed by atoms with van der Waals surface area (Å²) in [5.41, 5.74) is 1.12. The second kappa shape index (κ2) is 7.68. The van der Waals surface area contributed by atoms with E-state index >= 15 is 0 Å². The molecule has 0 bridgehead atoms.